The minimum atomic E-state index is -3.07. The fraction of sp³-hybridized carbons (Fsp3) is 0.233. The van der Waals surface area contributed by atoms with Gasteiger partial charge < -0.3 is 10.2 Å². The van der Waals surface area contributed by atoms with Crippen molar-refractivity contribution in [2.45, 2.75) is 26.2 Å². The maximum atomic E-state index is 14.3. The van der Waals surface area contributed by atoms with E-state index in [1.165, 1.54) is 23.7 Å². The van der Waals surface area contributed by atoms with E-state index < -0.39 is 15.7 Å². The maximum absolute atomic E-state index is 14.3. The molecule has 0 saturated carbocycles. The number of aromatic nitrogens is 1. The summed E-state index contributed by atoms with van der Waals surface area (Å²) < 4.78 is 37.3. The fourth-order valence-corrected chi connectivity index (χ4v) is 6.58. The highest BCUT2D eigenvalue weighted by molar-refractivity contribution is 7.90. The average Bonchev–Trinajstić information content (AvgIpc) is 3.28. The molecule has 0 spiro atoms. The lowest BCUT2D eigenvalue weighted by molar-refractivity contribution is 0.0981. The first-order valence-electron chi connectivity index (χ1n) is 12.8. The average molecular weight is 578 g/mol. The number of anilines is 2. The van der Waals surface area contributed by atoms with Crippen molar-refractivity contribution < 1.29 is 22.4 Å². The van der Waals surface area contributed by atoms with E-state index in [0.717, 1.165) is 16.0 Å². The van der Waals surface area contributed by atoms with Crippen LogP contribution in [0.5, 0.6) is 0 Å². The van der Waals surface area contributed by atoms with E-state index in [0.29, 0.717) is 47.6 Å². The Kier molecular flexibility index (Phi) is 7.82. The van der Waals surface area contributed by atoms with Crippen molar-refractivity contribution in [2.75, 3.05) is 28.8 Å². The molecule has 0 atom stereocenters. The van der Waals surface area contributed by atoms with Gasteiger partial charge in [0.15, 0.2) is 0 Å². The van der Waals surface area contributed by atoms with Crippen molar-refractivity contribution in [3.05, 3.63) is 99.9 Å². The SMILES string of the molecule is Cc1cccc(F)c1NC(=O)c1cc2c(s1)-c1ccccc1N(C(=O)c1cccc(CCCS(C)(=O)=O)n1)CC2. The highest BCUT2D eigenvalue weighted by atomic mass is 32.2. The van der Waals surface area contributed by atoms with Crippen LogP contribution in [0.4, 0.5) is 15.8 Å². The largest absolute Gasteiger partial charge is 0.319 e. The van der Waals surface area contributed by atoms with Crippen LogP contribution in [0.1, 0.15) is 43.4 Å². The molecule has 2 aromatic heterocycles. The summed E-state index contributed by atoms with van der Waals surface area (Å²) in [4.78, 5) is 34.4. The molecule has 10 heteroatoms. The minimum Gasteiger partial charge on any atom is -0.319 e. The summed E-state index contributed by atoms with van der Waals surface area (Å²) in [7, 11) is -3.07. The third-order valence-electron chi connectivity index (χ3n) is 6.76. The molecule has 5 rings (SSSR count). The Hall–Kier alpha value is -3.89. The summed E-state index contributed by atoms with van der Waals surface area (Å²) in [6.07, 6.45) is 2.61. The Balaban J connectivity index is 1.40. The van der Waals surface area contributed by atoms with Gasteiger partial charge in [0.1, 0.15) is 21.3 Å². The number of nitrogens with zero attached hydrogens (tertiary/aromatic N) is 2. The molecular weight excluding hydrogens is 549 g/mol. The van der Waals surface area contributed by atoms with Crippen LogP contribution in [0.3, 0.4) is 0 Å². The van der Waals surface area contributed by atoms with Crippen LogP contribution in [0.2, 0.25) is 0 Å². The monoisotopic (exact) mass is 577 g/mol. The molecule has 0 unspecified atom stereocenters. The van der Waals surface area contributed by atoms with Gasteiger partial charge in [-0.3, -0.25) is 9.59 Å². The van der Waals surface area contributed by atoms with Crippen LogP contribution in [0.25, 0.3) is 10.4 Å². The molecule has 1 aliphatic rings. The smallest absolute Gasteiger partial charge is 0.276 e. The number of amides is 2. The zero-order valence-electron chi connectivity index (χ0n) is 22.1. The van der Waals surface area contributed by atoms with Crippen LogP contribution in [0, 0.1) is 12.7 Å². The number of thiophene rings is 1. The van der Waals surface area contributed by atoms with Gasteiger partial charge in [-0.2, -0.15) is 0 Å². The number of fused-ring (bicyclic) bond motifs is 3. The predicted octanol–water partition coefficient (Wildman–Crippen LogP) is 5.69. The van der Waals surface area contributed by atoms with E-state index >= 15 is 0 Å². The first kappa shape index (κ1) is 27.7. The van der Waals surface area contributed by atoms with Gasteiger partial charge >= 0.3 is 0 Å². The Labute approximate surface area is 236 Å². The Morgan fingerprint density at radius 1 is 1.07 bits per heavy atom. The van der Waals surface area contributed by atoms with Gasteiger partial charge in [0, 0.05) is 28.9 Å². The van der Waals surface area contributed by atoms with Gasteiger partial charge in [0.2, 0.25) is 0 Å². The van der Waals surface area contributed by atoms with Crippen molar-refractivity contribution >= 4 is 44.4 Å². The summed E-state index contributed by atoms with van der Waals surface area (Å²) in [6, 6.07) is 19.2. The molecule has 4 aromatic rings. The Morgan fingerprint density at radius 3 is 2.62 bits per heavy atom. The van der Waals surface area contributed by atoms with Gasteiger partial charge in [0.05, 0.1) is 22.0 Å². The van der Waals surface area contributed by atoms with E-state index in [1.807, 2.05) is 30.3 Å². The molecule has 1 aliphatic heterocycles. The zero-order chi connectivity index (χ0) is 28.4. The quantitative estimate of drug-likeness (QED) is 0.305. The number of rotatable bonds is 7. The number of hydrogen-bond donors (Lipinski definition) is 1. The van der Waals surface area contributed by atoms with Crippen molar-refractivity contribution in [1.82, 2.24) is 4.98 Å². The molecule has 0 radical (unpaired) electrons. The molecule has 2 aromatic carbocycles. The molecule has 1 N–H and O–H groups in total. The van der Waals surface area contributed by atoms with Gasteiger partial charge in [-0.25, -0.2) is 17.8 Å². The van der Waals surface area contributed by atoms with Gasteiger partial charge in [0.25, 0.3) is 11.8 Å². The van der Waals surface area contributed by atoms with Crippen molar-refractivity contribution in [3.63, 3.8) is 0 Å². The van der Waals surface area contributed by atoms with Crippen molar-refractivity contribution in [3.8, 4) is 10.4 Å². The molecule has 0 aliphatic carbocycles. The molecule has 0 saturated heterocycles. The number of sulfone groups is 1. The summed E-state index contributed by atoms with van der Waals surface area (Å²) in [5.41, 5.74) is 4.24. The third-order valence-corrected chi connectivity index (χ3v) is 9.00. The topological polar surface area (TPSA) is 96.4 Å². The second kappa shape index (κ2) is 11.3. The molecule has 0 fully saturated rings. The summed E-state index contributed by atoms with van der Waals surface area (Å²) in [6.45, 7) is 2.12. The Morgan fingerprint density at radius 2 is 1.85 bits per heavy atom. The molecule has 40 heavy (non-hydrogen) atoms. The number of para-hydroxylation sites is 2. The number of benzene rings is 2. The predicted molar refractivity (Wildman–Crippen MR) is 156 cm³/mol. The van der Waals surface area contributed by atoms with Crippen LogP contribution in [0.15, 0.2) is 66.7 Å². The lowest BCUT2D eigenvalue weighted by Crippen LogP contribution is -2.33. The molecule has 7 nitrogen and oxygen atoms in total. The van der Waals surface area contributed by atoms with E-state index in [2.05, 4.69) is 10.3 Å². The zero-order valence-corrected chi connectivity index (χ0v) is 23.7. The first-order valence-corrected chi connectivity index (χ1v) is 15.7. The van der Waals surface area contributed by atoms with Gasteiger partial charge in [-0.15, -0.1) is 11.3 Å². The van der Waals surface area contributed by atoms with Crippen LogP contribution in [-0.4, -0.2) is 43.8 Å². The van der Waals surface area contributed by atoms with E-state index in [-0.39, 0.29) is 28.9 Å². The normalized spacial score (nSPS) is 12.8. The fourth-order valence-electron chi connectivity index (χ4n) is 4.78. The van der Waals surface area contributed by atoms with Gasteiger partial charge in [-0.05, 0) is 67.6 Å². The number of nitrogens with one attached hydrogen (secondary N) is 1. The van der Waals surface area contributed by atoms with Crippen LogP contribution in [-0.2, 0) is 22.7 Å². The summed E-state index contributed by atoms with van der Waals surface area (Å²) >= 11 is 1.32. The lowest BCUT2D eigenvalue weighted by Gasteiger charge is -2.23. The first-order chi connectivity index (χ1) is 19.1. The second-order valence-corrected chi connectivity index (χ2v) is 13.1. The van der Waals surface area contributed by atoms with E-state index in [9.17, 15) is 22.4 Å². The molecule has 206 valence electrons. The second-order valence-electron chi connectivity index (χ2n) is 9.82. The minimum absolute atomic E-state index is 0.0642. The molecule has 2 amide bonds. The highest BCUT2D eigenvalue weighted by Gasteiger charge is 2.28. The molecule has 0 bridgehead atoms. The van der Waals surface area contributed by atoms with Crippen molar-refractivity contribution in [1.29, 1.82) is 0 Å². The number of aryl methyl sites for hydroxylation is 2. The number of carbonyl (C=O) groups is 2. The Bertz CT molecular complexity index is 1700. The number of hydrogen-bond acceptors (Lipinski definition) is 6. The van der Waals surface area contributed by atoms with Gasteiger partial charge in [-0.1, -0.05) is 36.4 Å². The number of halogens is 1. The maximum Gasteiger partial charge on any atom is 0.276 e. The van der Waals surface area contributed by atoms with Crippen LogP contribution < -0.4 is 10.2 Å². The molecular formula is C30H28FN3O4S2. The summed E-state index contributed by atoms with van der Waals surface area (Å²) in [5, 5.41) is 2.71. The standard InChI is InChI=1S/C30H28FN3O4S2/c1-19-8-5-12-23(31)27(19)33-29(35)26-18-20-15-16-34(25-14-4-3-11-22(25)28(20)39-26)30(36)24-13-6-9-21(32-24)10-7-17-40(2,37)38/h3-6,8-9,11-14,18H,7,10,15-17H2,1-2H3,(H,33,35). The number of pyridine rings is 1. The van der Waals surface area contributed by atoms with E-state index in [4.69, 9.17) is 0 Å². The van der Waals surface area contributed by atoms with Crippen molar-refractivity contribution in [2.24, 2.45) is 0 Å². The number of carbonyl (C=O) groups excluding carboxylic acids is 2. The summed E-state index contributed by atoms with van der Waals surface area (Å²) in [5.74, 6) is -1.05. The van der Waals surface area contributed by atoms with E-state index in [1.54, 1.807) is 42.2 Å². The van der Waals surface area contributed by atoms with Crippen LogP contribution >= 0.6 is 11.3 Å². The highest BCUT2D eigenvalue weighted by Crippen LogP contribution is 2.42. The lowest BCUT2D eigenvalue weighted by atomic mass is 10.1. The third kappa shape index (κ3) is 5.97. The molecule has 3 heterocycles.